The summed E-state index contributed by atoms with van der Waals surface area (Å²) in [7, 11) is -4.42. The van der Waals surface area contributed by atoms with Gasteiger partial charge in [0.2, 0.25) is 10.4 Å². The molecule has 10 heteroatoms. The molecule has 0 atom stereocenters. The van der Waals surface area contributed by atoms with Crippen molar-refractivity contribution in [1.29, 1.82) is 0 Å². The van der Waals surface area contributed by atoms with E-state index in [1.807, 2.05) is 0 Å². The Balaban J connectivity index is -0.000000665. The molecule has 0 aromatic heterocycles. The van der Waals surface area contributed by atoms with Crippen molar-refractivity contribution in [1.82, 2.24) is 0 Å². The topological polar surface area (TPSA) is 130 Å². The van der Waals surface area contributed by atoms with Crippen molar-refractivity contribution < 1.29 is 66.1 Å². The van der Waals surface area contributed by atoms with Gasteiger partial charge in [0.1, 0.15) is 0 Å². The van der Waals surface area contributed by atoms with Crippen molar-refractivity contribution in [2.45, 2.75) is 78.1 Å². The van der Waals surface area contributed by atoms with Gasteiger partial charge in [0.25, 0.3) is 0 Å². The Morgan fingerprint density at radius 2 is 1.36 bits per heavy atom. The second-order valence-corrected chi connectivity index (χ2v) is 6.89. The normalized spacial score (nSPS) is 10.7. The molecular weight excluding hydrogens is 399 g/mol. The van der Waals surface area contributed by atoms with Crippen LogP contribution >= 0.6 is 0 Å². The predicted molar refractivity (Wildman–Crippen MR) is 101 cm³/mol. The minimum Gasteiger partial charge on any atom is -0.726 e. The number of carbonyl (C=O) groups is 2. The third-order valence-electron chi connectivity index (χ3n) is 3.37. The van der Waals surface area contributed by atoms with Crippen LogP contribution in [-0.2, 0) is 28.9 Å². The molecule has 0 heterocycles. The first-order chi connectivity index (χ1) is 12.7. The Hall–Kier alpha value is -0.450. The molecule has 0 saturated carbocycles. The van der Waals surface area contributed by atoms with Crippen molar-refractivity contribution in [2.24, 2.45) is 0 Å². The number of ether oxygens (including phenoxy) is 1. The van der Waals surface area contributed by atoms with E-state index in [9.17, 15) is 22.6 Å². The summed E-state index contributed by atoms with van der Waals surface area (Å²) >= 11 is 0. The Labute approximate surface area is 191 Å². The fraction of sp³-hybridized carbons (Fsp3) is 0.778. The van der Waals surface area contributed by atoms with E-state index < -0.39 is 22.3 Å². The van der Waals surface area contributed by atoms with Crippen molar-refractivity contribution in [3.05, 3.63) is 12.2 Å². The van der Waals surface area contributed by atoms with Gasteiger partial charge in [0.05, 0.1) is 13.2 Å². The monoisotopic (exact) mass is 432 g/mol. The summed E-state index contributed by atoms with van der Waals surface area (Å²) < 4.78 is 36.9. The fourth-order valence-electron chi connectivity index (χ4n) is 2.09. The van der Waals surface area contributed by atoms with E-state index >= 15 is 0 Å². The minimum atomic E-state index is -4.42. The van der Waals surface area contributed by atoms with Crippen LogP contribution in [0.2, 0.25) is 0 Å². The van der Waals surface area contributed by atoms with Crippen LogP contribution in [0.1, 0.15) is 78.1 Å². The van der Waals surface area contributed by atoms with Crippen LogP contribution in [0.25, 0.3) is 0 Å². The SMILES string of the molecule is CCCCCCCCCCCCOC(=O)/C=C\C(=O)O.CCOS(=O)(=O)[O-].[Na+]. The zero-order chi connectivity index (χ0) is 21.0. The number of carboxylic acids is 1. The van der Waals surface area contributed by atoms with E-state index in [1.54, 1.807) is 0 Å². The standard InChI is InChI=1S/C16H28O4.C2H6O4S.Na/c1-2-3-4-5-6-7-8-9-10-11-14-20-16(19)13-12-15(17)18;1-2-6-7(3,4)5;/h12-13H,2-11,14H2,1H3,(H,17,18);2H2,1H3,(H,3,4,5);/q;;+1/p-1/b13-12-;;. The van der Waals surface area contributed by atoms with Gasteiger partial charge in [-0.2, -0.15) is 0 Å². The summed E-state index contributed by atoms with van der Waals surface area (Å²) in [5.74, 6) is -1.72. The van der Waals surface area contributed by atoms with Crippen LogP contribution in [0.4, 0.5) is 0 Å². The number of esters is 1. The van der Waals surface area contributed by atoms with Gasteiger partial charge in [-0.1, -0.05) is 64.7 Å². The molecule has 0 rings (SSSR count). The van der Waals surface area contributed by atoms with Crippen LogP contribution in [0.3, 0.4) is 0 Å². The maximum Gasteiger partial charge on any atom is 1.00 e. The summed E-state index contributed by atoms with van der Waals surface area (Å²) in [6.07, 6.45) is 14.0. The number of rotatable bonds is 15. The quantitative estimate of drug-likeness (QED) is 0.0993. The molecule has 28 heavy (non-hydrogen) atoms. The number of carbonyl (C=O) groups excluding carboxylic acids is 1. The van der Waals surface area contributed by atoms with Gasteiger partial charge in [0.15, 0.2) is 0 Å². The molecule has 0 aromatic carbocycles. The zero-order valence-electron chi connectivity index (χ0n) is 17.4. The molecular formula is C18H33NaO8S. The third kappa shape index (κ3) is 33.2. The van der Waals surface area contributed by atoms with Crippen LogP contribution in [0.15, 0.2) is 12.2 Å². The molecule has 0 spiro atoms. The van der Waals surface area contributed by atoms with Crippen molar-refractivity contribution >= 4 is 22.3 Å². The van der Waals surface area contributed by atoms with Gasteiger partial charge in [0, 0.05) is 12.2 Å². The molecule has 160 valence electrons. The van der Waals surface area contributed by atoms with E-state index in [0.717, 1.165) is 25.0 Å². The average molecular weight is 433 g/mol. The smallest absolute Gasteiger partial charge is 0.726 e. The van der Waals surface area contributed by atoms with Gasteiger partial charge >= 0.3 is 41.5 Å². The first kappa shape index (κ1) is 32.2. The molecule has 1 N–H and O–H groups in total. The van der Waals surface area contributed by atoms with Crippen LogP contribution in [0.5, 0.6) is 0 Å². The molecule has 0 aliphatic heterocycles. The second kappa shape index (κ2) is 22.8. The number of carboxylic acid groups (broad SMARTS) is 1. The van der Waals surface area contributed by atoms with Gasteiger partial charge in [-0.3, -0.25) is 4.18 Å². The van der Waals surface area contributed by atoms with Crippen molar-refractivity contribution in [3.8, 4) is 0 Å². The van der Waals surface area contributed by atoms with Crippen LogP contribution in [0, 0.1) is 0 Å². The van der Waals surface area contributed by atoms with Crippen LogP contribution < -0.4 is 29.6 Å². The zero-order valence-corrected chi connectivity index (χ0v) is 20.2. The summed E-state index contributed by atoms with van der Waals surface area (Å²) in [5, 5.41) is 8.33. The van der Waals surface area contributed by atoms with E-state index in [0.29, 0.717) is 6.61 Å². The molecule has 0 fully saturated rings. The van der Waals surface area contributed by atoms with E-state index in [2.05, 4.69) is 11.1 Å². The molecule has 0 amide bonds. The van der Waals surface area contributed by atoms with E-state index in [1.165, 1.54) is 58.3 Å². The van der Waals surface area contributed by atoms with Gasteiger partial charge in [-0.25, -0.2) is 18.0 Å². The number of hydrogen-bond donors (Lipinski definition) is 1. The molecule has 0 aromatic rings. The van der Waals surface area contributed by atoms with E-state index in [4.69, 9.17) is 9.84 Å². The Morgan fingerprint density at radius 3 is 1.71 bits per heavy atom. The Morgan fingerprint density at radius 1 is 0.893 bits per heavy atom. The second-order valence-electron chi connectivity index (χ2n) is 5.84. The van der Waals surface area contributed by atoms with Gasteiger partial charge in [-0.15, -0.1) is 0 Å². The van der Waals surface area contributed by atoms with Crippen LogP contribution in [-0.4, -0.2) is 43.2 Å². The molecule has 8 nitrogen and oxygen atoms in total. The first-order valence-corrected chi connectivity index (χ1v) is 10.7. The summed E-state index contributed by atoms with van der Waals surface area (Å²) in [6.45, 7) is 3.94. The first-order valence-electron chi connectivity index (χ1n) is 9.40. The largest absolute Gasteiger partial charge is 1.00 e. The third-order valence-corrected chi connectivity index (χ3v) is 3.89. The van der Waals surface area contributed by atoms with Gasteiger partial charge in [-0.05, 0) is 13.3 Å². The number of aliphatic carboxylic acids is 1. The van der Waals surface area contributed by atoms with Gasteiger partial charge < -0.3 is 14.4 Å². The number of unbranched alkanes of at least 4 members (excludes halogenated alkanes) is 9. The molecule has 0 aliphatic rings. The molecule has 0 radical (unpaired) electrons. The molecule has 0 aliphatic carbocycles. The molecule has 0 bridgehead atoms. The maximum absolute atomic E-state index is 11.0. The number of hydrogen-bond acceptors (Lipinski definition) is 7. The Kier molecular flexibility index (Phi) is 26.3. The fourth-order valence-corrected chi connectivity index (χ4v) is 2.38. The predicted octanol–water partition coefficient (Wildman–Crippen LogP) is 0.578. The van der Waals surface area contributed by atoms with Crippen molar-refractivity contribution in [2.75, 3.05) is 13.2 Å². The summed E-state index contributed by atoms with van der Waals surface area (Å²) in [6, 6.07) is 0. The average Bonchev–Trinajstić information content (AvgIpc) is 2.57. The summed E-state index contributed by atoms with van der Waals surface area (Å²) in [5.41, 5.74) is 0. The molecule has 0 unspecified atom stereocenters. The minimum absolute atomic E-state index is 0. The Bertz CT molecular complexity index is 506. The summed E-state index contributed by atoms with van der Waals surface area (Å²) in [4.78, 5) is 21.2. The maximum atomic E-state index is 11.0. The van der Waals surface area contributed by atoms with E-state index in [-0.39, 0.29) is 36.2 Å². The molecule has 0 saturated heterocycles. The van der Waals surface area contributed by atoms with Crippen molar-refractivity contribution in [3.63, 3.8) is 0 Å².